The molecule has 1 aromatic carbocycles. The Balaban J connectivity index is 1.98. The standard InChI is InChI=1S/C15H14N2O4/c1-10-4-2-5-11(8-10)21-9-13(18)17-12-6-3-7-16-14(12)15(19)20/h2-8H,9H2,1H3,(H,17,18)(H,19,20). The third-order valence-corrected chi connectivity index (χ3v) is 2.64. The first-order valence-corrected chi connectivity index (χ1v) is 6.24. The first-order chi connectivity index (χ1) is 10.1. The molecule has 0 saturated carbocycles. The van der Waals surface area contributed by atoms with Crippen LogP contribution in [0.2, 0.25) is 0 Å². The van der Waals surface area contributed by atoms with Crippen molar-refractivity contribution in [3.05, 3.63) is 53.9 Å². The molecule has 0 aliphatic carbocycles. The second-order valence-corrected chi connectivity index (χ2v) is 4.36. The van der Waals surface area contributed by atoms with Crippen molar-refractivity contribution < 1.29 is 19.4 Å². The topological polar surface area (TPSA) is 88.5 Å². The van der Waals surface area contributed by atoms with E-state index in [0.29, 0.717) is 5.75 Å². The number of rotatable bonds is 5. The van der Waals surface area contributed by atoms with Crippen LogP contribution in [0.1, 0.15) is 16.1 Å². The normalized spacial score (nSPS) is 9.95. The molecule has 0 aliphatic rings. The van der Waals surface area contributed by atoms with E-state index >= 15 is 0 Å². The van der Waals surface area contributed by atoms with Gasteiger partial charge < -0.3 is 15.2 Å². The van der Waals surface area contributed by atoms with Crippen molar-refractivity contribution in [2.45, 2.75) is 6.92 Å². The lowest BCUT2D eigenvalue weighted by Crippen LogP contribution is -2.22. The van der Waals surface area contributed by atoms with Crippen molar-refractivity contribution in [3.8, 4) is 5.75 Å². The molecule has 6 heteroatoms. The zero-order valence-corrected chi connectivity index (χ0v) is 11.4. The Hall–Kier alpha value is -2.89. The van der Waals surface area contributed by atoms with Gasteiger partial charge in [-0.25, -0.2) is 9.78 Å². The largest absolute Gasteiger partial charge is 0.484 e. The number of hydrogen-bond acceptors (Lipinski definition) is 4. The number of aromatic nitrogens is 1. The van der Waals surface area contributed by atoms with Gasteiger partial charge in [0.05, 0.1) is 5.69 Å². The average Bonchev–Trinajstić information content (AvgIpc) is 2.45. The monoisotopic (exact) mass is 286 g/mol. The van der Waals surface area contributed by atoms with Gasteiger partial charge in [-0.3, -0.25) is 4.79 Å². The maximum absolute atomic E-state index is 11.8. The SMILES string of the molecule is Cc1cccc(OCC(=O)Nc2cccnc2C(=O)O)c1. The Bertz CT molecular complexity index is 670. The van der Waals surface area contributed by atoms with Crippen LogP contribution in [0.3, 0.4) is 0 Å². The highest BCUT2D eigenvalue weighted by Gasteiger charge is 2.13. The molecule has 1 amide bonds. The number of amides is 1. The van der Waals surface area contributed by atoms with Crippen LogP contribution in [0.5, 0.6) is 5.75 Å². The summed E-state index contributed by atoms with van der Waals surface area (Å²) in [5.74, 6) is -1.08. The van der Waals surface area contributed by atoms with Gasteiger partial charge >= 0.3 is 5.97 Å². The fourth-order valence-corrected chi connectivity index (χ4v) is 1.72. The van der Waals surface area contributed by atoms with Crippen LogP contribution in [-0.2, 0) is 4.79 Å². The second-order valence-electron chi connectivity index (χ2n) is 4.36. The molecule has 0 saturated heterocycles. The minimum Gasteiger partial charge on any atom is -0.484 e. The molecule has 2 aromatic rings. The molecule has 0 unspecified atom stereocenters. The highest BCUT2D eigenvalue weighted by atomic mass is 16.5. The molecule has 0 atom stereocenters. The van der Waals surface area contributed by atoms with E-state index in [-0.39, 0.29) is 18.0 Å². The average molecular weight is 286 g/mol. The van der Waals surface area contributed by atoms with Crippen molar-refractivity contribution in [1.82, 2.24) is 4.98 Å². The Morgan fingerprint density at radius 1 is 1.29 bits per heavy atom. The number of hydrogen-bond donors (Lipinski definition) is 2. The van der Waals surface area contributed by atoms with E-state index in [1.807, 2.05) is 19.1 Å². The van der Waals surface area contributed by atoms with Crippen molar-refractivity contribution in [2.75, 3.05) is 11.9 Å². The number of carbonyl (C=O) groups is 2. The smallest absolute Gasteiger partial charge is 0.356 e. The lowest BCUT2D eigenvalue weighted by atomic mass is 10.2. The molecule has 2 rings (SSSR count). The summed E-state index contributed by atoms with van der Waals surface area (Å²) in [5.41, 5.74) is 0.956. The number of benzene rings is 1. The van der Waals surface area contributed by atoms with Gasteiger partial charge in [0.25, 0.3) is 5.91 Å². The van der Waals surface area contributed by atoms with Gasteiger partial charge in [-0.1, -0.05) is 12.1 Å². The van der Waals surface area contributed by atoms with Gasteiger partial charge in [-0.05, 0) is 36.8 Å². The van der Waals surface area contributed by atoms with Crippen molar-refractivity contribution in [1.29, 1.82) is 0 Å². The highest BCUT2D eigenvalue weighted by molar-refractivity contribution is 5.99. The molecule has 1 aromatic heterocycles. The van der Waals surface area contributed by atoms with Gasteiger partial charge in [0.2, 0.25) is 0 Å². The van der Waals surface area contributed by atoms with Gasteiger partial charge in [0, 0.05) is 6.20 Å². The van der Waals surface area contributed by atoms with Gasteiger partial charge in [0.1, 0.15) is 5.75 Å². The Morgan fingerprint density at radius 2 is 2.10 bits per heavy atom. The summed E-state index contributed by atoms with van der Waals surface area (Å²) in [4.78, 5) is 26.5. The van der Waals surface area contributed by atoms with E-state index in [9.17, 15) is 9.59 Å². The van der Waals surface area contributed by atoms with Crippen LogP contribution >= 0.6 is 0 Å². The molecular weight excluding hydrogens is 272 g/mol. The quantitative estimate of drug-likeness (QED) is 0.878. The van der Waals surface area contributed by atoms with Crippen molar-refractivity contribution >= 4 is 17.6 Å². The first-order valence-electron chi connectivity index (χ1n) is 6.24. The van der Waals surface area contributed by atoms with Crippen LogP contribution in [0, 0.1) is 6.92 Å². The fraction of sp³-hybridized carbons (Fsp3) is 0.133. The van der Waals surface area contributed by atoms with Gasteiger partial charge in [0.15, 0.2) is 12.3 Å². The van der Waals surface area contributed by atoms with E-state index in [4.69, 9.17) is 9.84 Å². The Morgan fingerprint density at radius 3 is 2.81 bits per heavy atom. The van der Waals surface area contributed by atoms with E-state index < -0.39 is 11.9 Å². The summed E-state index contributed by atoms with van der Waals surface area (Å²) in [7, 11) is 0. The number of anilines is 1. The number of ether oxygens (including phenoxy) is 1. The summed E-state index contributed by atoms with van der Waals surface area (Å²) in [6, 6.07) is 10.3. The highest BCUT2D eigenvalue weighted by Crippen LogP contribution is 2.14. The molecule has 21 heavy (non-hydrogen) atoms. The summed E-state index contributed by atoms with van der Waals surface area (Å²) in [6.07, 6.45) is 1.35. The van der Waals surface area contributed by atoms with E-state index in [2.05, 4.69) is 10.3 Å². The number of aryl methyl sites for hydroxylation is 1. The van der Waals surface area contributed by atoms with Gasteiger partial charge in [-0.15, -0.1) is 0 Å². The van der Waals surface area contributed by atoms with E-state index in [1.165, 1.54) is 12.3 Å². The maximum atomic E-state index is 11.8. The van der Waals surface area contributed by atoms with Crippen molar-refractivity contribution in [3.63, 3.8) is 0 Å². The predicted octanol–water partition coefficient (Wildman–Crippen LogP) is 2.11. The zero-order valence-electron chi connectivity index (χ0n) is 11.4. The molecule has 0 bridgehead atoms. The van der Waals surface area contributed by atoms with Crippen LogP contribution in [0.4, 0.5) is 5.69 Å². The number of carboxylic acids is 1. The minimum atomic E-state index is -1.20. The zero-order chi connectivity index (χ0) is 15.2. The second kappa shape index (κ2) is 6.51. The third kappa shape index (κ3) is 4.04. The molecule has 0 radical (unpaired) electrons. The lowest BCUT2D eigenvalue weighted by Gasteiger charge is -2.09. The summed E-state index contributed by atoms with van der Waals surface area (Å²) >= 11 is 0. The number of nitrogens with one attached hydrogen (secondary N) is 1. The summed E-state index contributed by atoms with van der Waals surface area (Å²) in [6.45, 7) is 1.71. The van der Waals surface area contributed by atoms with Crippen LogP contribution in [0.25, 0.3) is 0 Å². The van der Waals surface area contributed by atoms with E-state index in [1.54, 1.807) is 18.2 Å². The first kappa shape index (κ1) is 14.5. The third-order valence-electron chi connectivity index (χ3n) is 2.64. The van der Waals surface area contributed by atoms with Crippen molar-refractivity contribution in [2.24, 2.45) is 0 Å². The molecule has 0 spiro atoms. The van der Waals surface area contributed by atoms with Gasteiger partial charge in [-0.2, -0.15) is 0 Å². The molecular formula is C15H14N2O4. The fourth-order valence-electron chi connectivity index (χ4n) is 1.72. The molecule has 2 N–H and O–H groups in total. The number of nitrogens with zero attached hydrogens (tertiary/aromatic N) is 1. The molecule has 0 fully saturated rings. The number of carboxylic acid groups (broad SMARTS) is 1. The number of aromatic carboxylic acids is 1. The molecule has 6 nitrogen and oxygen atoms in total. The molecule has 0 aliphatic heterocycles. The van der Waals surface area contributed by atoms with Crippen LogP contribution < -0.4 is 10.1 Å². The van der Waals surface area contributed by atoms with Crippen LogP contribution in [0.15, 0.2) is 42.6 Å². The lowest BCUT2D eigenvalue weighted by molar-refractivity contribution is -0.118. The molecule has 1 heterocycles. The molecule has 108 valence electrons. The predicted molar refractivity (Wildman–Crippen MR) is 76.5 cm³/mol. The van der Waals surface area contributed by atoms with E-state index in [0.717, 1.165) is 5.56 Å². The summed E-state index contributed by atoms with van der Waals surface area (Å²) in [5, 5.41) is 11.4. The summed E-state index contributed by atoms with van der Waals surface area (Å²) < 4.78 is 5.34. The number of pyridine rings is 1. The Kier molecular flexibility index (Phi) is 4.50. The van der Waals surface area contributed by atoms with Crippen LogP contribution in [-0.4, -0.2) is 28.6 Å². The minimum absolute atomic E-state index is 0.142. The maximum Gasteiger partial charge on any atom is 0.356 e. The Labute approximate surface area is 121 Å². The number of carbonyl (C=O) groups excluding carboxylic acids is 1.